The third kappa shape index (κ3) is 9.75. The summed E-state index contributed by atoms with van der Waals surface area (Å²) in [7, 11) is 10.4. The second kappa shape index (κ2) is 13.7. The normalized spacial score (nSPS) is 11.5. The fourth-order valence-electron chi connectivity index (χ4n) is 2.86. The standard InChI is InChI=1S/C24H36N3S2/c1-5-20-28-29-21-19-27-17-13-23(14-18-27)8-7-22-9-11-24(12-10-22)26(4)16-6-15-25(2)3/h7-14,17-18H,5-6,15-16,19-21H2,1-4H3/q+1. The monoisotopic (exact) mass is 430 g/mol. The summed E-state index contributed by atoms with van der Waals surface area (Å²) in [4.78, 5) is 4.56. The summed E-state index contributed by atoms with van der Waals surface area (Å²) >= 11 is 0. The van der Waals surface area contributed by atoms with E-state index in [9.17, 15) is 0 Å². The lowest BCUT2D eigenvalue weighted by molar-refractivity contribution is -0.692. The van der Waals surface area contributed by atoms with Gasteiger partial charge >= 0.3 is 0 Å². The Morgan fingerprint density at radius 1 is 0.828 bits per heavy atom. The molecule has 0 saturated carbocycles. The first-order valence-corrected chi connectivity index (χ1v) is 12.9. The lowest BCUT2D eigenvalue weighted by Gasteiger charge is -2.20. The molecule has 0 amide bonds. The van der Waals surface area contributed by atoms with E-state index >= 15 is 0 Å². The molecule has 1 aromatic carbocycles. The van der Waals surface area contributed by atoms with Gasteiger partial charge in [-0.3, -0.25) is 0 Å². The molecule has 1 heterocycles. The van der Waals surface area contributed by atoms with Crippen molar-refractivity contribution in [2.75, 3.05) is 50.6 Å². The van der Waals surface area contributed by atoms with Crippen LogP contribution in [0.2, 0.25) is 0 Å². The van der Waals surface area contributed by atoms with Crippen LogP contribution in [0, 0.1) is 0 Å². The summed E-state index contributed by atoms with van der Waals surface area (Å²) in [5, 5.41) is 0. The quantitative estimate of drug-likeness (QED) is 0.242. The van der Waals surface area contributed by atoms with Crippen LogP contribution in [0.25, 0.3) is 12.2 Å². The second-order valence-corrected chi connectivity index (χ2v) is 10.2. The number of hydrogen-bond donors (Lipinski definition) is 0. The summed E-state index contributed by atoms with van der Waals surface area (Å²) in [5.41, 5.74) is 3.74. The molecule has 0 bridgehead atoms. The van der Waals surface area contributed by atoms with E-state index in [-0.39, 0.29) is 0 Å². The van der Waals surface area contributed by atoms with E-state index < -0.39 is 0 Å². The van der Waals surface area contributed by atoms with Crippen molar-refractivity contribution < 1.29 is 4.57 Å². The molecule has 29 heavy (non-hydrogen) atoms. The van der Waals surface area contributed by atoms with Gasteiger partial charge in [0.05, 0.1) is 5.75 Å². The summed E-state index contributed by atoms with van der Waals surface area (Å²) in [6.07, 6.45) is 11.2. The second-order valence-electron chi connectivity index (χ2n) is 7.52. The lowest BCUT2D eigenvalue weighted by atomic mass is 10.1. The molecule has 0 spiro atoms. The number of pyridine rings is 1. The van der Waals surface area contributed by atoms with Gasteiger partial charge in [-0.1, -0.05) is 52.8 Å². The molecule has 1 aromatic heterocycles. The highest BCUT2D eigenvalue weighted by Gasteiger charge is 2.02. The van der Waals surface area contributed by atoms with Crippen LogP contribution in [-0.2, 0) is 6.54 Å². The molecule has 0 N–H and O–H groups in total. The minimum atomic E-state index is 1.06. The lowest BCUT2D eigenvalue weighted by Crippen LogP contribution is -2.33. The number of benzene rings is 1. The zero-order valence-electron chi connectivity index (χ0n) is 18.4. The molecule has 0 radical (unpaired) electrons. The summed E-state index contributed by atoms with van der Waals surface area (Å²) in [6.45, 7) is 5.50. The first-order valence-electron chi connectivity index (χ1n) is 10.5. The molecular weight excluding hydrogens is 394 g/mol. The van der Waals surface area contributed by atoms with E-state index in [0.717, 1.165) is 25.4 Å². The highest BCUT2D eigenvalue weighted by molar-refractivity contribution is 8.76. The van der Waals surface area contributed by atoms with Crippen molar-refractivity contribution in [1.29, 1.82) is 0 Å². The van der Waals surface area contributed by atoms with Crippen LogP contribution in [0.4, 0.5) is 5.69 Å². The molecule has 0 saturated heterocycles. The van der Waals surface area contributed by atoms with Gasteiger partial charge in [-0.15, -0.1) is 0 Å². The Hall–Kier alpha value is -1.43. The molecule has 0 aliphatic carbocycles. The minimum Gasteiger partial charge on any atom is -0.375 e. The molecule has 0 unspecified atom stereocenters. The molecule has 2 rings (SSSR count). The van der Waals surface area contributed by atoms with E-state index in [0.29, 0.717) is 0 Å². The van der Waals surface area contributed by atoms with E-state index in [2.05, 4.69) is 103 Å². The minimum absolute atomic E-state index is 1.06. The predicted octanol–water partition coefficient (Wildman–Crippen LogP) is 5.32. The first kappa shape index (κ1) is 23.8. The number of nitrogens with zero attached hydrogens (tertiary/aromatic N) is 3. The van der Waals surface area contributed by atoms with Gasteiger partial charge in [0.25, 0.3) is 0 Å². The topological polar surface area (TPSA) is 10.4 Å². The van der Waals surface area contributed by atoms with Crippen molar-refractivity contribution in [3.63, 3.8) is 0 Å². The average molecular weight is 431 g/mol. The Morgan fingerprint density at radius 2 is 1.45 bits per heavy atom. The van der Waals surface area contributed by atoms with Crippen molar-refractivity contribution in [2.24, 2.45) is 0 Å². The van der Waals surface area contributed by atoms with Crippen molar-refractivity contribution in [3.8, 4) is 0 Å². The van der Waals surface area contributed by atoms with Crippen LogP contribution in [0.3, 0.4) is 0 Å². The number of aryl methyl sites for hydroxylation is 1. The molecule has 0 aliphatic rings. The van der Waals surface area contributed by atoms with Gasteiger partial charge in [-0.05, 0) is 56.7 Å². The number of anilines is 1. The molecule has 0 atom stereocenters. The van der Waals surface area contributed by atoms with Gasteiger partial charge in [-0.25, -0.2) is 4.57 Å². The molecule has 3 nitrogen and oxygen atoms in total. The van der Waals surface area contributed by atoms with Gasteiger partial charge in [0.1, 0.15) is 0 Å². The van der Waals surface area contributed by atoms with E-state index in [4.69, 9.17) is 0 Å². The van der Waals surface area contributed by atoms with Crippen molar-refractivity contribution >= 4 is 39.4 Å². The van der Waals surface area contributed by atoms with Crippen LogP contribution in [0.5, 0.6) is 0 Å². The van der Waals surface area contributed by atoms with Crippen molar-refractivity contribution in [1.82, 2.24) is 4.90 Å². The average Bonchev–Trinajstić information content (AvgIpc) is 2.73. The largest absolute Gasteiger partial charge is 0.375 e. The van der Waals surface area contributed by atoms with Crippen LogP contribution >= 0.6 is 21.6 Å². The van der Waals surface area contributed by atoms with Crippen LogP contribution in [0.1, 0.15) is 30.9 Å². The van der Waals surface area contributed by atoms with E-state index in [1.807, 2.05) is 21.6 Å². The third-order valence-electron chi connectivity index (χ3n) is 4.62. The maximum absolute atomic E-state index is 2.33. The Kier molecular flexibility index (Phi) is 11.3. The molecule has 5 heteroatoms. The van der Waals surface area contributed by atoms with Crippen LogP contribution in [0.15, 0.2) is 48.8 Å². The maximum Gasteiger partial charge on any atom is 0.169 e. The highest BCUT2D eigenvalue weighted by atomic mass is 33.1. The number of aromatic nitrogens is 1. The molecular formula is C24H36N3S2+. The van der Waals surface area contributed by atoms with Gasteiger partial charge < -0.3 is 9.80 Å². The maximum atomic E-state index is 2.33. The number of hydrogen-bond acceptors (Lipinski definition) is 4. The zero-order chi connectivity index (χ0) is 20.9. The fourth-order valence-corrected chi connectivity index (χ4v) is 4.98. The SMILES string of the molecule is CCCSSCC[n+]1ccc(/C=C/c2ccc(N(C)CCCN(C)C)cc2)cc1. The summed E-state index contributed by atoms with van der Waals surface area (Å²) < 4.78 is 2.26. The van der Waals surface area contributed by atoms with Crippen molar-refractivity contribution in [2.45, 2.75) is 26.3 Å². The molecule has 0 aliphatic heterocycles. The molecule has 2 aromatic rings. The smallest absolute Gasteiger partial charge is 0.169 e. The fraction of sp³-hybridized carbons (Fsp3) is 0.458. The first-order chi connectivity index (χ1) is 14.1. The Labute approximate surface area is 185 Å². The Bertz CT molecular complexity index is 712. The van der Waals surface area contributed by atoms with E-state index in [1.54, 1.807) is 0 Å². The summed E-state index contributed by atoms with van der Waals surface area (Å²) in [5.74, 6) is 2.40. The van der Waals surface area contributed by atoms with E-state index in [1.165, 1.54) is 35.4 Å². The zero-order valence-corrected chi connectivity index (χ0v) is 20.0. The highest BCUT2D eigenvalue weighted by Crippen LogP contribution is 2.21. The van der Waals surface area contributed by atoms with Crippen molar-refractivity contribution in [3.05, 3.63) is 59.9 Å². The van der Waals surface area contributed by atoms with Gasteiger partial charge in [-0.2, -0.15) is 0 Å². The Balaban J connectivity index is 1.80. The van der Waals surface area contributed by atoms with Crippen LogP contribution < -0.4 is 9.47 Å². The number of rotatable bonds is 13. The molecule has 0 fully saturated rings. The third-order valence-corrected chi connectivity index (χ3v) is 7.21. The van der Waals surface area contributed by atoms with Gasteiger partial charge in [0.15, 0.2) is 18.9 Å². The Morgan fingerprint density at radius 3 is 2.07 bits per heavy atom. The summed E-state index contributed by atoms with van der Waals surface area (Å²) in [6, 6.07) is 13.2. The van der Waals surface area contributed by atoms with Crippen LogP contribution in [-0.4, -0.2) is 50.6 Å². The van der Waals surface area contributed by atoms with Gasteiger partial charge in [0, 0.05) is 37.2 Å². The molecule has 158 valence electrons. The van der Waals surface area contributed by atoms with Gasteiger partial charge in [0.2, 0.25) is 0 Å². The predicted molar refractivity (Wildman–Crippen MR) is 134 cm³/mol.